The van der Waals surface area contributed by atoms with Gasteiger partial charge in [0.15, 0.2) is 0 Å². The van der Waals surface area contributed by atoms with Crippen LogP contribution in [0.4, 0.5) is 11.4 Å². The minimum atomic E-state index is -3.44. The van der Waals surface area contributed by atoms with Crippen molar-refractivity contribution in [3.63, 3.8) is 0 Å². The van der Waals surface area contributed by atoms with Gasteiger partial charge in [-0.3, -0.25) is 9.59 Å². The molecular formula is C19H19N7O4S. The number of amidine groups is 1. The van der Waals surface area contributed by atoms with E-state index in [9.17, 15) is 18.0 Å². The quantitative estimate of drug-likeness (QED) is 0.703. The standard InChI is InChI=1S/C19H19N7O4S/c1-13(26-12-20-11-21-26)18(27)22-15-3-5-16(6-4-15)23-19(28)14-2-7-17-24-31(29,30)9-8-25(17)10-14/h2-7,10-13H,8-9H2,1H3,(H,22,27)(H,23,28). The molecule has 0 bridgehead atoms. The molecule has 11 nitrogen and oxygen atoms in total. The fourth-order valence-corrected chi connectivity index (χ4v) is 3.93. The molecule has 31 heavy (non-hydrogen) atoms. The molecule has 2 N–H and O–H groups in total. The smallest absolute Gasteiger partial charge is 0.257 e. The summed E-state index contributed by atoms with van der Waals surface area (Å²) in [6.45, 7) is 1.95. The topological polar surface area (TPSA) is 139 Å². The lowest BCUT2D eigenvalue weighted by Gasteiger charge is -2.26. The predicted molar refractivity (Wildman–Crippen MR) is 114 cm³/mol. The molecule has 0 fully saturated rings. The fraction of sp³-hybridized carbons (Fsp3) is 0.211. The molecule has 12 heteroatoms. The van der Waals surface area contributed by atoms with Crippen molar-refractivity contribution in [1.29, 1.82) is 0 Å². The van der Waals surface area contributed by atoms with Gasteiger partial charge >= 0.3 is 0 Å². The average Bonchev–Trinajstić information content (AvgIpc) is 3.28. The van der Waals surface area contributed by atoms with Crippen molar-refractivity contribution >= 4 is 39.0 Å². The molecule has 1 atom stereocenters. The highest BCUT2D eigenvalue weighted by atomic mass is 32.2. The summed E-state index contributed by atoms with van der Waals surface area (Å²) in [4.78, 5) is 30.3. The van der Waals surface area contributed by atoms with E-state index in [1.54, 1.807) is 42.3 Å². The molecule has 0 radical (unpaired) electrons. The molecule has 2 aromatic rings. The van der Waals surface area contributed by atoms with E-state index in [0.29, 0.717) is 22.8 Å². The first-order chi connectivity index (χ1) is 14.8. The lowest BCUT2D eigenvalue weighted by molar-refractivity contribution is -0.119. The Bertz CT molecular complexity index is 1200. The first-order valence-corrected chi connectivity index (χ1v) is 11.0. The van der Waals surface area contributed by atoms with Crippen LogP contribution in [0.15, 0.2) is 65.2 Å². The van der Waals surface area contributed by atoms with Gasteiger partial charge in [0.25, 0.3) is 15.9 Å². The predicted octanol–water partition coefficient (Wildman–Crippen LogP) is 0.914. The number of fused-ring (bicyclic) bond motifs is 1. The van der Waals surface area contributed by atoms with Crippen molar-refractivity contribution in [2.24, 2.45) is 4.40 Å². The summed E-state index contributed by atoms with van der Waals surface area (Å²) < 4.78 is 28.3. The van der Waals surface area contributed by atoms with Crippen LogP contribution in [0.5, 0.6) is 0 Å². The maximum absolute atomic E-state index is 12.6. The van der Waals surface area contributed by atoms with Gasteiger partial charge in [0, 0.05) is 24.1 Å². The Morgan fingerprint density at radius 2 is 1.81 bits per heavy atom. The summed E-state index contributed by atoms with van der Waals surface area (Å²) in [5.74, 6) is -0.400. The summed E-state index contributed by atoms with van der Waals surface area (Å²) in [5.41, 5.74) is 1.49. The van der Waals surface area contributed by atoms with Gasteiger partial charge < -0.3 is 15.5 Å². The summed E-state index contributed by atoms with van der Waals surface area (Å²) in [5, 5.41) is 9.50. The van der Waals surface area contributed by atoms with Gasteiger partial charge in [-0.05, 0) is 43.3 Å². The highest BCUT2D eigenvalue weighted by molar-refractivity contribution is 7.90. The van der Waals surface area contributed by atoms with Crippen LogP contribution in [0.1, 0.15) is 13.0 Å². The molecule has 160 valence electrons. The maximum Gasteiger partial charge on any atom is 0.257 e. The number of amides is 2. The minimum Gasteiger partial charge on any atom is -0.330 e. The van der Waals surface area contributed by atoms with E-state index in [1.807, 2.05) is 0 Å². The second-order valence-corrected chi connectivity index (χ2v) is 8.67. The van der Waals surface area contributed by atoms with Gasteiger partial charge in [-0.15, -0.1) is 4.40 Å². The molecule has 0 saturated heterocycles. The van der Waals surface area contributed by atoms with Crippen molar-refractivity contribution in [3.8, 4) is 0 Å². The monoisotopic (exact) mass is 441 g/mol. The minimum absolute atomic E-state index is 0.0988. The first-order valence-electron chi connectivity index (χ1n) is 9.36. The third-order valence-corrected chi connectivity index (χ3v) is 5.87. The van der Waals surface area contributed by atoms with Gasteiger partial charge in [0.2, 0.25) is 5.91 Å². The Morgan fingerprint density at radius 1 is 1.10 bits per heavy atom. The number of hydrogen-bond donors (Lipinski definition) is 2. The average molecular weight is 441 g/mol. The molecule has 2 amide bonds. The Hall–Kier alpha value is -3.80. The van der Waals surface area contributed by atoms with Crippen LogP contribution >= 0.6 is 0 Å². The van der Waals surface area contributed by atoms with E-state index in [4.69, 9.17) is 0 Å². The second kappa shape index (κ2) is 8.14. The summed E-state index contributed by atoms with van der Waals surface area (Å²) in [6, 6.07) is 6.16. The van der Waals surface area contributed by atoms with Crippen LogP contribution in [0, 0.1) is 0 Å². The molecule has 1 unspecified atom stereocenters. The second-order valence-electron chi connectivity index (χ2n) is 6.92. The van der Waals surface area contributed by atoms with E-state index in [1.165, 1.54) is 29.5 Å². The number of rotatable bonds is 5. The molecule has 4 rings (SSSR count). The van der Waals surface area contributed by atoms with Crippen molar-refractivity contribution in [2.75, 3.05) is 22.9 Å². The SMILES string of the molecule is CC(C(=O)Nc1ccc(NC(=O)C2=CN3CCS(=O)(=O)N=C3C=C2)cc1)n1cncn1. The zero-order valence-electron chi connectivity index (χ0n) is 16.5. The highest BCUT2D eigenvalue weighted by Gasteiger charge is 2.25. The summed E-state index contributed by atoms with van der Waals surface area (Å²) in [7, 11) is -3.44. The highest BCUT2D eigenvalue weighted by Crippen LogP contribution is 2.19. The largest absolute Gasteiger partial charge is 0.330 e. The van der Waals surface area contributed by atoms with E-state index >= 15 is 0 Å². The van der Waals surface area contributed by atoms with Gasteiger partial charge in [0.1, 0.15) is 24.5 Å². The van der Waals surface area contributed by atoms with Crippen molar-refractivity contribution in [1.82, 2.24) is 19.7 Å². The number of carbonyl (C=O) groups is 2. The van der Waals surface area contributed by atoms with E-state index < -0.39 is 16.1 Å². The van der Waals surface area contributed by atoms with Gasteiger partial charge in [-0.2, -0.15) is 5.10 Å². The Labute approximate surface area is 178 Å². The molecular weight excluding hydrogens is 422 g/mol. The number of aromatic nitrogens is 3. The number of hydrogen-bond acceptors (Lipinski definition) is 7. The summed E-state index contributed by atoms with van der Waals surface area (Å²) >= 11 is 0. The molecule has 2 aliphatic rings. The van der Waals surface area contributed by atoms with Crippen molar-refractivity contribution in [2.45, 2.75) is 13.0 Å². The first kappa shape index (κ1) is 20.5. The Morgan fingerprint density at radius 3 is 2.48 bits per heavy atom. The third-order valence-electron chi connectivity index (χ3n) is 4.71. The fourth-order valence-electron chi connectivity index (χ4n) is 2.96. The van der Waals surface area contributed by atoms with E-state index in [-0.39, 0.29) is 24.1 Å². The van der Waals surface area contributed by atoms with Crippen LogP contribution in [0.2, 0.25) is 0 Å². The number of sulfonamides is 1. The van der Waals surface area contributed by atoms with Gasteiger partial charge in [0.05, 0.1) is 11.3 Å². The Balaban J connectivity index is 1.37. The molecule has 0 aliphatic carbocycles. The van der Waals surface area contributed by atoms with Crippen LogP contribution in [0.3, 0.4) is 0 Å². The van der Waals surface area contributed by atoms with Gasteiger partial charge in [-0.1, -0.05) is 0 Å². The van der Waals surface area contributed by atoms with Crippen LogP contribution in [-0.2, 0) is 19.6 Å². The van der Waals surface area contributed by atoms with Crippen LogP contribution in [-0.4, -0.2) is 58.0 Å². The van der Waals surface area contributed by atoms with Crippen LogP contribution in [0.25, 0.3) is 0 Å². The number of nitrogens with zero attached hydrogens (tertiary/aromatic N) is 5. The van der Waals surface area contributed by atoms with E-state index in [0.717, 1.165) is 0 Å². The number of nitrogens with one attached hydrogen (secondary N) is 2. The van der Waals surface area contributed by atoms with Crippen molar-refractivity contribution in [3.05, 3.63) is 60.8 Å². The number of carbonyl (C=O) groups excluding carboxylic acids is 2. The molecule has 3 heterocycles. The molecule has 1 aromatic carbocycles. The summed E-state index contributed by atoms with van der Waals surface area (Å²) in [6.07, 6.45) is 7.42. The lowest BCUT2D eigenvalue weighted by atomic mass is 10.1. The lowest BCUT2D eigenvalue weighted by Crippen LogP contribution is -2.37. The normalized spacial score (nSPS) is 17.8. The number of anilines is 2. The Kier molecular flexibility index (Phi) is 5.38. The molecule has 0 spiro atoms. The van der Waals surface area contributed by atoms with E-state index in [2.05, 4.69) is 25.1 Å². The maximum atomic E-state index is 12.6. The zero-order valence-corrected chi connectivity index (χ0v) is 17.3. The molecule has 2 aliphatic heterocycles. The molecule has 1 aromatic heterocycles. The third kappa shape index (κ3) is 4.69. The van der Waals surface area contributed by atoms with Crippen molar-refractivity contribution < 1.29 is 18.0 Å². The zero-order chi connectivity index (χ0) is 22.0. The molecule has 0 saturated carbocycles. The van der Waals surface area contributed by atoms with Gasteiger partial charge in [-0.25, -0.2) is 18.1 Å². The number of benzene rings is 1. The van der Waals surface area contributed by atoms with Crippen LogP contribution < -0.4 is 10.6 Å².